The summed E-state index contributed by atoms with van der Waals surface area (Å²) < 4.78 is 0. The van der Waals surface area contributed by atoms with E-state index < -0.39 is 5.97 Å². The smallest absolute Gasteiger partial charge is 0.337 e. The fraction of sp³-hybridized carbons (Fsp3) is 0.125. The Labute approximate surface area is 111 Å². The molecule has 19 heavy (non-hydrogen) atoms. The van der Waals surface area contributed by atoms with Crippen molar-refractivity contribution >= 4 is 17.4 Å². The molecule has 0 aromatic heterocycles. The van der Waals surface area contributed by atoms with Crippen LogP contribution in [-0.4, -0.2) is 16.8 Å². The van der Waals surface area contributed by atoms with Crippen LogP contribution in [0.5, 0.6) is 0 Å². The van der Waals surface area contributed by atoms with Crippen molar-refractivity contribution in [3.63, 3.8) is 0 Å². The topological polar surface area (TPSA) is 49.7 Å². The average Bonchev–Trinajstić information content (AvgIpc) is 2.82. The van der Waals surface area contributed by atoms with Gasteiger partial charge in [-0.25, -0.2) is 4.79 Å². The van der Waals surface area contributed by atoms with E-state index in [0.717, 1.165) is 22.4 Å². The first-order valence-electron chi connectivity index (χ1n) is 6.15. The van der Waals surface area contributed by atoms with Crippen LogP contribution < -0.4 is 0 Å². The van der Waals surface area contributed by atoms with Gasteiger partial charge < -0.3 is 5.11 Å². The molecule has 0 unspecified atom stereocenters. The zero-order chi connectivity index (χ0) is 13.4. The van der Waals surface area contributed by atoms with E-state index in [1.807, 2.05) is 37.3 Å². The second-order valence-corrected chi connectivity index (χ2v) is 4.67. The van der Waals surface area contributed by atoms with Gasteiger partial charge in [-0.2, -0.15) is 0 Å². The summed E-state index contributed by atoms with van der Waals surface area (Å²) in [5, 5.41) is 9.19. The Morgan fingerprint density at radius 2 is 1.95 bits per heavy atom. The molecule has 0 aliphatic carbocycles. The number of benzene rings is 2. The van der Waals surface area contributed by atoms with Gasteiger partial charge in [0.2, 0.25) is 0 Å². The highest BCUT2D eigenvalue weighted by Gasteiger charge is 2.21. The van der Waals surface area contributed by atoms with Crippen molar-refractivity contribution in [3.8, 4) is 0 Å². The van der Waals surface area contributed by atoms with E-state index in [2.05, 4.69) is 4.99 Å². The maximum atomic E-state index is 11.2. The molecular weight excluding hydrogens is 238 g/mol. The Morgan fingerprint density at radius 3 is 2.68 bits per heavy atom. The molecule has 0 bridgehead atoms. The molecule has 1 aliphatic heterocycles. The second kappa shape index (κ2) is 4.35. The third kappa shape index (κ3) is 1.93. The lowest BCUT2D eigenvalue weighted by molar-refractivity contribution is 0.0698. The maximum absolute atomic E-state index is 11.2. The molecule has 0 fully saturated rings. The highest BCUT2D eigenvalue weighted by Crippen LogP contribution is 2.32. The molecule has 94 valence electrons. The van der Waals surface area contributed by atoms with Crippen LogP contribution in [0.15, 0.2) is 47.5 Å². The van der Waals surface area contributed by atoms with Crippen LogP contribution in [0.3, 0.4) is 0 Å². The zero-order valence-corrected chi connectivity index (χ0v) is 10.6. The highest BCUT2D eigenvalue weighted by molar-refractivity contribution is 6.09. The molecule has 3 nitrogen and oxygen atoms in total. The quantitative estimate of drug-likeness (QED) is 0.889. The van der Waals surface area contributed by atoms with Crippen molar-refractivity contribution in [2.24, 2.45) is 4.99 Å². The Bertz CT molecular complexity index is 702. The number of carboxylic acid groups (broad SMARTS) is 1. The van der Waals surface area contributed by atoms with Crippen LogP contribution in [-0.2, 0) is 6.42 Å². The molecule has 3 heteroatoms. The zero-order valence-electron chi connectivity index (χ0n) is 10.6. The molecule has 1 heterocycles. The minimum atomic E-state index is -0.924. The standard InChI is InChI=1S/C16H13NO2/c1-10-5-2-3-7-12(10)14-9-11-6-4-8-13(16(18)19)15(11)17-14/h2-8H,9H2,1H3,(H,18,19). The van der Waals surface area contributed by atoms with Gasteiger partial charge in [0.25, 0.3) is 0 Å². The van der Waals surface area contributed by atoms with Crippen molar-refractivity contribution in [1.29, 1.82) is 0 Å². The summed E-state index contributed by atoms with van der Waals surface area (Å²) in [5.41, 5.74) is 5.07. The van der Waals surface area contributed by atoms with Gasteiger partial charge >= 0.3 is 5.97 Å². The van der Waals surface area contributed by atoms with E-state index in [1.165, 1.54) is 0 Å². The van der Waals surface area contributed by atoms with E-state index in [4.69, 9.17) is 0 Å². The first-order chi connectivity index (χ1) is 9.16. The second-order valence-electron chi connectivity index (χ2n) is 4.67. The van der Waals surface area contributed by atoms with Gasteiger partial charge in [0.05, 0.1) is 17.0 Å². The lowest BCUT2D eigenvalue weighted by atomic mass is 9.99. The van der Waals surface area contributed by atoms with Crippen molar-refractivity contribution in [1.82, 2.24) is 0 Å². The summed E-state index contributed by atoms with van der Waals surface area (Å²) in [7, 11) is 0. The number of carbonyl (C=O) groups is 1. The molecule has 1 aliphatic rings. The largest absolute Gasteiger partial charge is 0.478 e. The van der Waals surface area contributed by atoms with Gasteiger partial charge in [-0.3, -0.25) is 4.99 Å². The number of para-hydroxylation sites is 1. The molecule has 0 amide bonds. The maximum Gasteiger partial charge on any atom is 0.337 e. The van der Waals surface area contributed by atoms with Gasteiger partial charge in [-0.1, -0.05) is 36.4 Å². The predicted molar refractivity (Wildman–Crippen MR) is 74.5 cm³/mol. The van der Waals surface area contributed by atoms with Crippen LogP contribution in [0.25, 0.3) is 0 Å². The summed E-state index contributed by atoms with van der Waals surface area (Å²) in [6.45, 7) is 2.04. The Hall–Kier alpha value is -2.42. The Balaban J connectivity index is 2.11. The van der Waals surface area contributed by atoms with Crippen LogP contribution in [0.2, 0.25) is 0 Å². The van der Waals surface area contributed by atoms with Gasteiger partial charge in [0.15, 0.2) is 0 Å². The molecule has 0 saturated carbocycles. The number of aryl methyl sites for hydroxylation is 1. The number of aliphatic imine (C=N–C) groups is 1. The molecule has 0 radical (unpaired) electrons. The van der Waals surface area contributed by atoms with Crippen LogP contribution in [0.4, 0.5) is 5.69 Å². The number of nitrogens with zero attached hydrogens (tertiary/aromatic N) is 1. The molecule has 2 aromatic rings. The Morgan fingerprint density at radius 1 is 1.16 bits per heavy atom. The lowest BCUT2D eigenvalue weighted by Gasteiger charge is -2.03. The Kier molecular flexibility index (Phi) is 2.67. The molecular formula is C16H13NO2. The summed E-state index contributed by atoms with van der Waals surface area (Å²) >= 11 is 0. The molecule has 1 N–H and O–H groups in total. The van der Waals surface area contributed by atoms with Gasteiger partial charge in [-0.15, -0.1) is 0 Å². The average molecular weight is 251 g/mol. The van der Waals surface area contributed by atoms with Crippen LogP contribution in [0.1, 0.15) is 27.0 Å². The summed E-state index contributed by atoms with van der Waals surface area (Å²) in [6, 6.07) is 13.4. The molecule has 0 atom stereocenters. The van der Waals surface area contributed by atoms with Gasteiger partial charge in [0, 0.05) is 6.42 Å². The number of aromatic carboxylic acids is 1. The molecule has 3 rings (SSSR count). The van der Waals surface area contributed by atoms with Crippen molar-refractivity contribution in [3.05, 3.63) is 64.7 Å². The number of carboxylic acids is 1. The molecule has 0 spiro atoms. The number of rotatable bonds is 2. The minimum absolute atomic E-state index is 0.279. The van der Waals surface area contributed by atoms with E-state index in [1.54, 1.807) is 12.1 Å². The summed E-state index contributed by atoms with van der Waals surface area (Å²) in [4.78, 5) is 15.7. The molecule has 0 saturated heterocycles. The third-order valence-electron chi connectivity index (χ3n) is 3.41. The van der Waals surface area contributed by atoms with Crippen LogP contribution >= 0.6 is 0 Å². The fourth-order valence-electron chi connectivity index (χ4n) is 2.45. The molecule has 2 aromatic carbocycles. The number of fused-ring (bicyclic) bond motifs is 1. The predicted octanol–water partition coefficient (Wildman–Crippen LogP) is 3.37. The van der Waals surface area contributed by atoms with E-state index in [0.29, 0.717) is 12.1 Å². The fourth-order valence-corrected chi connectivity index (χ4v) is 2.45. The van der Waals surface area contributed by atoms with E-state index in [-0.39, 0.29) is 5.56 Å². The van der Waals surface area contributed by atoms with Crippen LogP contribution in [0, 0.1) is 6.92 Å². The van der Waals surface area contributed by atoms with Gasteiger partial charge in [-0.05, 0) is 29.7 Å². The third-order valence-corrected chi connectivity index (χ3v) is 3.41. The first-order valence-corrected chi connectivity index (χ1v) is 6.15. The first kappa shape index (κ1) is 11.7. The SMILES string of the molecule is Cc1ccccc1C1=Nc2c(cccc2C(=O)O)C1. The van der Waals surface area contributed by atoms with Gasteiger partial charge in [0.1, 0.15) is 0 Å². The van der Waals surface area contributed by atoms with E-state index >= 15 is 0 Å². The monoisotopic (exact) mass is 251 g/mol. The van der Waals surface area contributed by atoms with Crippen molar-refractivity contribution in [2.75, 3.05) is 0 Å². The number of hydrogen-bond donors (Lipinski definition) is 1. The minimum Gasteiger partial charge on any atom is -0.478 e. The highest BCUT2D eigenvalue weighted by atomic mass is 16.4. The normalized spacial score (nSPS) is 13.0. The summed E-state index contributed by atoms with van der Waals surface area (Å²) in [5.74, 6) is -0.924. The van der Waals surface area contributed by atoms with Crippen molar-refractivity contribution in [2.45, 2.75) is 13.3 Å². The van der Waals surface area contributed by atoms with Crippen molar-refractivity contribution < 1.29 is 9.90 Å². The number of hydrogen-bond acceptors (Lipinski definition) is 2. The summed E-state index contributed by atoms with van der Waals surface area (Å²) in [6.07, 6.45) is 0.696. The van der Waals surface area contributed by atoms with E-state index in [9.17, 15) is 9.90 Å². The lowest BCUT2D eigenvalue weighted by Crippen LogP contribution is -2.02.